The first-order chi connectivity index (χ1) is 18.2. The second kappa shape index (κ2) is 9.54. The molecule has 3 amide bonds. The molecule has 9 nitrogen and oxygen atoms in total. The van der Waals surface area contributed by atoms with E-state index >= 15 is 0 Å². The van der Waals surface area contributed by atoms with E-state index in [1.165, 1.54) is 0 Å². The molecule has 38 heavy (non-hydrogen) atoms. The molecule has 5 unspecified atom stereocenters. The van der Waals surface area contributed by atoms with Crippen molar-refractivity contribution in [2.45, 2.75) is 62.6 Å². The van der Waals surface area contributed by atoms with E-state index < -0.39 is 36.3 Å². The molecule has 6 rings (SSSR count). The number of amides is 3. The molecule has 202 valence electrons. The Labute approximate surface area is 229 Å². The quantitative estimate of drug-likeness (QED) is 0.413. The number of hydrogen-bond acceptors (Lipinski definition) is 5. The number of Topliss-reactive ketones (excluding diaryl/α,β-unsaturated/α-hetero) is 1. The van der Waals surface area contributed by atoms with Gasteiger partial charge in [0.25, 0.3) is 5.91 Å². The second-order valence-electron chi connectivity index (χ2n) is 11.4. The number of benzene rings is 1. The van der Waals surface area contributed by atoms with Crippen LogP contribution in [0.1, 0.15) is 55.4 Å². The number of H-pyrrole nitrogens is 1. The summed E-state index contributed by atoms with van der Waals surface area (Å²) in [5.74, 6) is -1.62. The number of aromatic amines is 1. The Morgan fingerprint density at radius 3 is 2.68 bits per heavy atom. The van der Waals surface area contributed by atoms with E-state index in [0.29, 0.717) is 39.6 Å². The van der Waals surface area contributed by atoms with E-state index in [2.05, 4.69) is 15.6 Å². The smallest absolute Gasteiger partial charge is 0.271 e. The minimum absolute atomic E-state index is 0.0178. The largest absolute Gasteiger partial charge is 0.389 e. The number of rotatable bonds is 7. The summed E-state index contributed by atoms with van der Waals surface area (Å²) in [6, 6.07) is 3.23. The molecule has 0 bridgehead atoms. The van der Waals surface area contributed by atoms with Gasteiger partial charge in [-0.3, -0.25) is 19.2 Å². The number of nitrogens with one attached hydrogen (secondary N) is 3. The van der Waals surface area contributed by atoms with Gasteiger partial charge >= 0.3 is 0 Å². The maximum Gasteiger partial charge on any atom is 0.271 e. The lowest BCUT2D eigenvalue weighted by atomic mass is 9.91. The molecular weight excluding hydrogens is 531 g/mol. The number of carbonyl (C=O) groups is 4. The number of hydrogen-bond donors (Lipinski definition) is 4. The van der Waals surface area contributed by atoms with Crippen LogP contribution < -0.4 is 10.6 Å². The number of halogens is 2. The number of aromatic nitrogens is 1. The lowest BCUT2D eigenvalue weighted by Crippen LogP contribution is -2.53. The Kier molecular flexibility index (Phi) is 6.44. The molecule has 11 heteroatoms. The zero-order valence-corrected chi connectivity index (χ0v) is 22.3. The zero-order valence-electron chi connectivity index (χ0n) is 20.8. The molecule has 2 aliphatic carbocycles. The molecule has 1 aromatic carbocycles. The van der Waals surface area contributed by atoms with Crippen LogP contribution >= 0.6 is 23.2 Å². The standard InChI is InChI=1S/C27H30Cl2N4O5/c28-15-7-18(29)17-9-21(30-19(17)8-15)26(38)33-11-13-2-1-3-16(13)23(33)25(37)31-20(22(35)12-34)6-14-10-27(4-5-27)32-24(14)36/h7-9,13-14,16,20,23,30,34H,1-6,10-12H2,(H,31,37)(H,32,36). The average Bonchev–Trinajstić information content (AvgIpc) is 3.24. The number of likely N-dealkylation sites (tertiary alicyclic amines) is 1. The molecule has 5 atom stereocenters. The summed E-state index contributed by atoms with van der Waals surface area (Å²) in [4.78, 5) is 57.3. The van der Waals surface area contributed by atoms with Crippen molar-refractivity contribution in [2.75, 3.05) is 13.2 Å². The maximum absolute atomic E-state index is 13.7. The number of aliphatic hydroxyl groups is 1. The molecule has 1 spiro atoms. The SMILES string of the molecule is O=C1NC2(CC2)CC1CC(NC(=O)C1C2CCCC2CN1C(=O)c1cc2c(Cl)cc(Cl)cc2[nH]1)C(=O)CO. The summed E-state index contributed by atoms with van der Waals surface area (Å²) in [5.41, 5.74) is 0.780. The van der Waals surface area contributed by atoms with Crippen molar-refractivity contribution in [3.63, 3.8) is 0 Å². The van der Waals surface area contributed by atoms with E-state index in [1.807, 2.05) is 0 Å². The number of aliphatic hydroxyl groups excluding tert-OH is 1. The van der Waals surface area contributed by atoms with Crippen molar-refractivity contribution < 1.29 is 24.3 Å². The summed E-state index contributed by atoms with van der Waals surface area (Å²) < 4.78 is 0. The summed E-state index contributed by atoms with van der Waals surface area (Å²) >= 11 is 12.4. The topological polar surface area (TPSA) is 132 Å². The highest BCUT2D eigenvalue weighted by Crippen LogP contribution is 2.46. The number of ketones is 1. The van der Waals surface area contributed by atoms with Crippen molar-refractivity contribution in [1.82, 2.24) is 20.5 Å². The Balaban J connectivity index is 1.24. The van der Waals surface area contributed by atoms with Gasteiger partial charge in [-0.25, -0.2) is 0 Å². The van der Waals surface area contributed by atoms with Crippen molar-refractivity contribution >= 4 is 57.6 Å². The van der Waals surface area contributed by atoms with Gasteiger partial charge < -0.3 is 25.6 Å². The highest BCUT2D eigenvalue weighted by molar-refractivity contribution is 6.38. The van der Waals surface area contributed by atoms with Crippen molar-refractivity contribution in [3.05, 3.63) is 33.9 Å². The van der Waals surface area contributed by atoms with Crippen LogP contribution in [-0.4, -0.2) is 69.3 Å². The molecule has 4 N–H and O–H groups in total. The fourth-order valence-corrected chi connectivity index (χ4v) is 7.40. The first-order valence-corrected chi connectivity index (χ1v) is 14.0. The van der Waals surface area contributed by atoms with Crippen LogP contribution in [0.15, 0.2) is 18.2 Å². The molecule has 0 radical (unpaired) electrons. The third-order valence-corrected chi connectivity index (χ3v) is 9.46. The lowest BCUT2D eigenvalue weighted by molar-refractivity contribution is -0.133. The summed E-state index contributed by atoms with van der Waals surface area (Å²) in [6.45, 7) is -0.292. The van der Waals surface area contributed by atoms with Crippen LogP contribution in [0.3, 0.4) is 0 Å². The monoisotopic (exact) mass is 560 g/mol. The van der Waals surface area contributed by atoms with E-state index in [0.717, 1.165) is 32.1 Å². The minimum atomic E-state index is -0.997. The van der Waals surface area contributed by atoms with E-state index in [-0.39, 0.29) is 35.6 Å². The Morgan fingerprint density at radius 1 is 1.18 bits per heavy atom. The van der Waals surface area contributed by atoms with E-state index in [1.54, 1.807) is 23.1 Å². The van der Waals surface area contributed by atoms with Crippen LogP contribution in [0.4, 0.5) is 0 Å². The summed E-state index contributed by atoms with van der Waals surface area (Å²) in [5, 5.41) is 17.0. The lowest BCUT2D eigenvalue weighted by Gasteiger charge is -2.29. The maximum atomic E-state index is 13.7. The van der Waals surface area contributed by atoms with Crippen LogP contribution in [0, 0.1) is 17.8 Å². The van der Waals surface area contributed by atoms with Crippen molar-refractivity contribution in [2.24, 2.45) is 17.8 Å². The van der Waals surface area contributed by atoms with Gasteiger partial charge in [0.15, 0.2) is 5.78 Å². The minimum Gasteiger partial charge on any atom is -0.389 e. The molecule has 4 aliphatic rings. The third kappa shape index (κ3) is 4.48. The van der Waals surface area contributed by atoms with Gasteiger partial charge in [0.05, 0.1) is 11.1 Å². The van der Waals surface area contributed by atoms with Crippen molar-refractivity contribution in [1.29, 1.82) is 0 Å². The van der Waals surface area contributed by atoms with Gasteiger partial charge in [-0.2, -0.15) is 0 Å². The van der Waals surface area contributed by atoms with Gasteiger partial charge in [-0.1, -0.05) is 29.6 Å². The molecule has 3 heterocycles. The normalized spacial score (nSPS) is 28.0. The van der Waals surface area contributed by atoms with Crippen LogP contribution in [0.2, 0.25) is 10.0 Å². The van der Waals surface area contributed by atoms with Crippen molar-refractivity contribution in [3.8, 4) is 0 Å². The van der Waals surface area contributed by atoms with Gasteiger partial charge in [0, 0.05) is 33.9 Å². The Hall–Kier alpha value is -2.62. The summed E-state index contributed by atoms with van der Waals surface area (Å²) in [6.07, 6.45) is 5.33. The van der Waals surface area contributed by atoms with E-state index in [4.69, 9.17) is 23.2 Å². The fraction of sp³-hybridized carbons (Fsp3) is 0.556. The molecule has 2 saturated carbocycles. The molecule has 2 aliphatic heterocycles. The fourth-order valence-electron chi connectivity index (χ4n) is 6.85. The Bertz CT molecular complexity index is 1340. The van der Waals surface area contributed by atoms with Crippen LogP contribution in [0.5, 0.6) is 0 Å². The summed E-state index contributed by atoms with van der Waals surface area (Å²) in [7, 11) is 0. The molecular formula is C27H30Cl2N4O5. The highest BCUT2D eigenvalue weighted by atomic mass is 35.5. The van der Waals surface area contributed by atoms with Crippen LogP contribution in [-0.2, 0) is 14.4 Å². The predicted octanol–water partition coefficient (Wildman–Crippen LogP) is 2.82. The molecule has 4 fully saturated rings. The first-order valence-electron chi connectivity index (χ1n) is 13.2. The number of carbonyl (C=O) groups excluding carboxylic acids is 4. The van der Waals surface area contributed by atoms with Crippen LogP contribution in [0.25, 0.3) is 10.9 Å². The van der Waals surface area contributed by atoms with Gasteiger partial charge in [-0.15, -0.1) is 0 Å². The second-order valence-corrected chi connectivity index (χ2v) is 12.2. The van der Waals surface area contributed by atoms with Gasteiger partial charge in [0.2, 0.25) is 11.8 Å². The Morgan fingerprint density at radius 2 is 1.97 bits per heavy atom. The average molecular weight is 561 g/mol. The first kappa shape index (κ1) is 25.6. The highest BCUT2D eigenvalue weighted by Gasteiger charge is 2.53. The van der Waals surface area contributed by atoms with E-state index in [9.17, 15) is 24.3 Å². The molecule has 2 saturated heterocycles. The molecule has 1 aromatic heterocycles. The predicted molar refractivity (Wildman–Crippen MR) is 141 cm³/mol. The van der Waals surface area contributed by atoms with Gasteiger partial charge in [0.1, 0.15) is 18.3 Å². The molecule has 2 aromatic rings. The van der Waals surface area contributed by atoms with Gasteiger partial charge in [-0.05, 0) is 68.6 Å². The number of fused-ring (bicyclic) bond motifs is 2. The third-order valence-electron chi connectivity index (χ3n) is 8.93. The zero-order chi connectivity index (χ0) is 26.8. The number of nitrogens with zero attached hydrogens (tertiary/aromatic N) is 1.